The van der Waals surface area contributed by atoms with Crippen molar-refractivity contribution in [3.63, 3.8) is 0 Å². The predicted molar refractivity (Wildman–Crippen MR) is 66.0 cm³/mol. The molecule has 1 heteroatoms. The molecule has 82 valence electrons. The Kier molecular flexibility index (Phi) is 5.11. The van der Waals surface area contributed by atoms with Gasteiger partial charge in [0.05, 0.1) is 0 Å². The van der Waals surface area contributed by atoms with Crippen molar-refractivity contribution in [2.24, 2.45) is 16.3 Å². The molecule has 0 bridgehead atoms. The summed E-state index contributed by atoms with van der Waals surface area (Å²) in [6.07, 6.45) is 2.24. The van der Waals surface area contributed by atoms with E-state index in [1.165, 1.54) is 11.3 Å². The van der Waals surface area contributed by atoms with Crippen LogP contribution < -0.4 is 0 Å². The average Bonchev–Trinajstić information content (AvgIpc) is 2.01. The first-order chi connectivity index (χ1) is 6.29. The summed E-state index contributed by atoms with van der Waals surface area (Å²) in [7, 11) is 0. The minimum absolute atomic E-state index is 0.159. The van der Waals surface area contributed by atoms with Crippen molar-refractivity contribution in [1.29, 1.82) is 0 Å². The quantitative estimate of drug-likeness (QED) is 0.601. The maximum atomic E-state index is 4.56. The summed E-state index contributed by atoms with van der Waals surface area (Å²) in [5.74, 6) is 0.611. The molecule has 14 heavy (non-hydrogen) atoms. The number of aliphatic imine (C=N–C) groups is 1. The molecular weight excluding hydrogens is 170 g/mol. The summed E-state index contributed by atoms with van der Waals surface area (Å²) in [5.41, 5.74) is 2.78. The van der Waals surface area contributed by atoms with Gasteiger partial charge < -0.3 is 0 Å². The van der Waals surface area contributed by atoms with E-state index in [2.05, 4.69) is 59.5 Å². The highest BCUT2D eigenvalue weighted by Gasteiger charge is 2.16. The smallest absolute Gasteiger partial charge is 0.0401 e. The van der Waals surface area contributed by atoms with E-state index in [0.29, 0.717) is 5.92 Å². The van der Waals surface area contributed by atoms with E-state index in [4.69, 9.17) is 0 Å². The minimum atomic E-state index is 0.159. The molecule has 0 spiro atoms. The first kappa shape index (κ1) is 13.4. The fourth-order valence-electron chi connectivity index (χ4n) is 1.05. The highest BCUT2D eigenvalue weighted by molar-refractivity contribution is 5.99. The van der Waals surface area contributed by atoms with E-state index in [9.17, 15) is 0 Å². The maximum absolute atomic E-state index is 4.56. The summed E-state index contributed by atoms with van der Waals surface area (Å²) in [4.78, 5) is 4.56. The Labute approximate surface area is 89.3 Å². The Bertz CT molecular complexity index is 226. The summed E-state index contributed by atoms with van der Waals surface area (Å²) in [6, 6.07) is 0. The van der Waals surface area contributed by atoms with E-state index < -0.39 is 0 Å². The number of rotatable bonds is 3. The Morgan fingerprint density at radius 2 is 1.79 bits per heavy atom. The third kappa shape index (κ3) is 4.59. The van der Waals surface area contributed by atoms with Crippen molar-refractivity contribution in [3.8, 4) is 0 Å². The summed E-state index contributed by atoms with van der Waals surface area (Å²) < 4.78 is 0. The van der Waals surface area contributed by atoms with Gasteiger partial charge in [-0.15, -0.1) is 0 Å². The maximum Gasteiger partial charge on any atom is 0.0401 e. The van der Waals surface area contributed by atoms with Gasteiger partial charge in [0.2, 0.25) is 0 Å². The van der Waals surface area contributed by atoms with E-state index in [1.54, 1.807) is 0 Å². The SMILES string of the molecule is CCN=C(/C=C(\C)C(C)C)C(C)(C)C. The van der Waals surface area contributed by atoms with Crippen molar-refractivity contribution < 1.29 is 0 Å². The summed E-state index contributed by atoms with van der Waals surface area (Å²) in [6.45, 7) is 16.2. The third-order valence-corrected chi connectivity index (χ3v) is 2.37. The van der Waals surface area contributed by atoms with Gasteiger partial charge in [-0.05, 0) is 25.8 Å². The summed E-state index contributed by atoms with van der Waals surface area (Å²) in [5, 5.41) is 0. The van der Waals surface area contributed by atoms with Crippen LogP contribution in [0.5, 0.6) is 0 Å². The van der Waals surface area contributed by atoms with Gasteiger partial charge >= 0.3 is 0 Å². The molecule has 0 atom stereocenters. The molecule has 0 aromatic carbocycles. The molecule has 0 aromatic heterocycles. The number of allylic oxidation sites excluding steroid dienone is 2. The van der Waals surface area contributed by atoms with Gasteiger partial charge in [-0.3, -0.25) is 4.99 Å². The molecule has 0 heterocycles. The zero-order valence-electron chi connectivity index (χ0n) is 10.8. The molecule has 0 saturated heterocycles. The molecule has 0 aliphatic heterocycles. The lowest BCUT2D eigenvalue weighted by Crippen LogP contribution is -2.19. The number of hydrogen-bond donors (Lipinski definition) is 0. The molecular formula is C13H25N. The van der Waals surface area contributed by atoms with Gasteiger partial charge in [-0.25, -0.2) is 0 Å². The van der Waals surface area contributed by atoms with Gasteiger partial charge in [0, 0.05) is 17.7 Å². The summed E-state index contributed by atoms with van der Waals surface area (Å²) >= 11 is 0. The van der Waals surface area contributed by atoms with Gasteiger partial charge in [0.25, 0.3) is 0 Å². The van der Waals surface area contributed by atoms with Crippen LogP contribution in [0.3, 0.4) is 0 Å². The van der Waals surface area contributed by atoms with E-state index in [-0.39, 0.29) is 5.41 Å². The largest absolute Gasteiger partial charge is 0.290 e. The monoisotopic (exact) mass is 195 g/mol. The van der Waals surface area contributed by atoms with Crippen LogP contribution in [0, 0.1) is 11.3 Å². The highest BCUT2D eigenvalue weighted by Crippen LogP contribution is 2.20. The lowest BCUT2D eigenvalue weighted by molar-refractivity contribution is 0.590. The van der Waals surface area contributed by atoms with Crippen LogP contribution in [0.4, 0.5) is 0 Å². The number of nitrogens with zero attached hydrogens (tertiary/aromatic N) is 1. The van der Waals surface area contributed by atoms with Crippen molar-refractivity contribution in [2.45, 2.75) is 48.5 Å². The van der Waals surface area contributed by atoms with Crippen molar-refractivity contribution in [1.82, 2.24) is 0 Å². The first-order valence-corrected chi connectivity index (χ1v) is 5.52. The zero-order valence-corrected chi connectivity index (χ0v) is 10.8. The first-order valence-electron chi connectivity index (χ1n) is 5.52. The molecule has 0 unspecified atom stereocenters. The molecule has 1 nitrogen and oxygen atoms in total. The van der Waals surface area contributed by atoms with E-state index in [0.717, 1.165) is 6.54 Å². The minimum Gasteiger partial charge on any atom is -0.290 e. The highest BCUT2D eigenvalue weighted by atomic mass is 14.7. The van der Waals surface area contributed by atoms with Crippen LogP contribution in [-0.4, -0.2) is 12.3 Å². The second-order valence-electron chi connectivity index (χ2n) is 5.15. The third-order valence-electron chi connectivity index (χ3n) is 2.37. The molecule has 0 aliphatic rings. The Morgan fingerprint density at radius 1 is 1.29 bits per heavy atom. The number of hydrogen-bond acceptors (Lipinski definition) is 1. The van der Waals surface area contributed by atoms with Crippen molar-refractivity contribution in [3.05, 3.63) is 11.6 Å². The molecule has 0 amide bonds. The Morgan fingerprint density at radius 3 is 2.07 bits per heavy atom. The van der Waals surface area contributed by atoms with E-state index >= 15 is 0 Å². The van der Waals surface area contributed by atoms with Gasteiger partial charge in [-0.2, -0.15) is 0 Å². The normalized spacial score (nSPS) is 15.1. The van der Waals surface area contributed by atoms with Crippen LogP contribution in [0.1, 0.15) is 48.5 Å². The molecule has 0 aromatic rings. The zero-order chi connectivity index (χ0) is 11.4. The lowest BCUT2D eigenvalue weighted by atomic mass is 9.87. The van der Waals surface area contributed by atoms with Gasteiger partial charge in [0.1, 0.15) is 0 Å². The average molecular weight is 195 g/mol. The standard InChI is InChI=1S/C13H25N/c1-8-14-12(13(5,6)7)9-11(4)10(2)3/h9-10H,8H2,1-7H3/b11-9+,14-12?. The van der Waals surface area contributed by atoms with Crippen LogP contribution in [-0.2, 0) is 0 Å². The molecule has 0 N–H and O–H groups in total. The van der Waals surface area contributed by atoms with Crippen LogP contribution in [0.15, 0.2) is 16.6 Å². The van der Waals surface area contributed by atoms with Gasteiger partial charge in [0.15, 0.2) is 0 Å². The molecule has 0 saturated carbocycles. The van der Waals surface area contributed by atoms with Crippen molar-refractivity contribution >= 4 is 5.71 Å². The lowest BCUT2D eigenvalue weighted by Gasteiger charge is -2.20. The molecule has 0 fully saturated rings. The van der Waals surface area contributed by atoms with E-state index in [1.807, 2.05) is 0 Å². The Balaban J connectivity index is 4.89. The fraction of sp³-hybridized carbons (Fsp3) is 0.769. The second-order valence-corrected chi connectivity index (χ2v) is 5.15. The van der Waals surface area contributed by atoms with Crippen LogP contribution in [0.25, 0.3) is 0 Å². The fourth-order valence-corrected chi connectivity index (χ4v) is 1.05. The predicted octanol–water partition coefficient (Wildman–Crippen LogP) is 4.10. The Hall–Kier alpha value is -0.590. The van der Waals surface area contributed by atoms with Crippen molar-refractivity contribution in [2.75, 3.05) is 6.54 Å². The van der Waals surface area contributed by atoms with Gasteiger partial charge in [-0.1, -0.05) is 40.2 Å². The second kappa shape index (κ2) is 5.33. The molecule has 0 radical (unpaired) electrons. The topological polar surface area (TPSA) is 12.4 Å². The van der Waals surface area contributed by atoms with Crippen LogP contribution in [0.2, 0.25) is 0 Å². The molecule has 0 aliphatic carbocycles. The van der Waals surface area contributed by atoms with Crippen LogP contribution >= 0.6 is 0 Å². The molecule has 0 rings (SSSR count).